The van der Waals surface area contributed by atoms with Crippen LogP contribution in [0.5, 0.6) is 0 Å². The second-order valence-electron chi connectivity index (χ2n) is 5.74. The largest absolute Gasteiger partial charge is 0.441 e. The molecule has 0 atom stereocenters. The van der Waals surface area contributed by atoms with E-state index in [4.69, 9.17) is 4.42 Å². The van der Waals surface area contributed by atoms with Crippen molar-refractivity contribution >= 4 is 17.2 Å². The number of rotatable bonds is 4. The van der Waals surface area contributed by atoms with E-state index in [1.165, 1.54) is 0 Å². The van der Waals surface area contributed by atoms with Gasteiger partial charge < -0.3 is 8.98 Å². The summed E-state index contributed by atoms with van der Waals surface area (Å²) < 4.78 is 7.86. The first-order chi connectivity index (χ1) is 11.8. The molecule has 0 spiro atoms. The van der Waals surface area contributed by atoms with Crippen LogP contribution in [0.4, 0.5) is 0 Å². The summed E-state index contributed by atoms with van der Waals surface area (Å²) in [5.41, 5.74) is 3.53. The zero-order valence-electron chi connectivity index (χ0n) is 13.3. The molecule has 0 aliphatic heterocycles. The highest BCUT2D eigenvalue weighted by Gasteiger charge is 2.14. The van der Waals surface area contributed by atoms with Gasteiger partial charge in [-0.05, 0) is 25.1 Å². The third-order valence-electron chi connectivity index (χ3n) is 4.18. The third kappa shape index (κ3) is 2.42. The molecule has 24 heavy (non-hydrogen) atoms. The van der Waals surface area contributed by atoms with Gasteiger partial charge in [-0.1, -0.05) is 36.4 Å². The molecule has 4 nitrogen and oxygen atoms in total. The normalized spacial score (nSPS) is 11.0. The summed E-state index contributed by atoms with van der Waals surface area (Å²) in [5.74, 6) is 1.41. The molecular formula is C20H16N2O2. The van der Waals surface area contributed by atoms with Crippen LogP contribution in [-0.4, -0.2) is 15.8 Å². The fourth-order valence-electron chi connectivity index (χ4n) is 2.94. The van der Waals surface area contributed by atoms with Crippen LogP contribution in [-0.2, 0) is 6.54 Å². The summed E-state index contributed by atoms with van der Waals surface area (Å²) in [6.07, 6.45) is 2.76. The predicted octanol–water partition coefficient (Wildman–Crippen LogP) is 4.47. The van der Waals surface area contributed by atoms with Gasteiger partial charge in [0, 0.05) is 28.2 Å². The van der Waals surface area contributed by atoms with Gasteiger partial charge in [0.25, 0.3) is 0 Å². The lowest BCUT2D eigenvalue weighted by atomic mass is 10.2. The Kier molecular flexibility index (Phi) is 3.50. The molecule has 4 aromatic rings. The fraction of sp³-hybridized carbons (Fsp3) is 0.100. The van der Waals surface area contributed by atoms with Crippen molar-refractivity contribution in [2.75, 3.05) is 0 Å². The number of para-hydroxylation sites is 1. The summed E-state index contributed by atoms with van der Waals surface area (Å²) in [7, 11) is 0. The van der Waals surface area contributed by atoms with Crippen LogP contribution in [0.1, 0.15) is 21.8 Å². The molecule has 0 saturated carbocycles. The van der Waals surface area contributed by atoms with Crippen LogP contribution in [0, 0.1) is 6.92 Å². The Hall–Kier alpha value is -3.14. The van der Waals surface area contributed by atoms with Gasteiger partial charge in [-0.15, -0.1) is 0 Å². The van der Waals surface area contributed by atoms with Gasteiger partial charge in [0.2, 0.25) is 5.89 Å². The fourth-order valence-corrected chi connectivity index (χ4v) is 2.94. The van der Waals surface area contributed by atoms with Crippen LogP contribution < -0.4 is 0 Å². The Morgan fingerprint density at radius 2 is 1.83 bits per heavy atom. The van der Waals surface area contributed by atoms with Crippen LogP contribution in [0.15, 0.2) is 65.2 Å². The van der Waals surface area contributed by atoms with Gasteiger partial charge in [0.05, 0.1) is 6.54 Å². The topological polar surface area (TPSA) is 48.0 Å². The number of hydrogen-bond donors (Lipinski definition) is 0. The van der Waals surface area contributed by atoms with E-state index in [2.05, 4.69) is 4.98 Å². The number of aryl methyl sites for hydroxylation is 1. The number of aromatic nitrogens is 2. The summed E-state index contributed by atoms with van der Waals surface area (Å²) in [6, 6.07) is 17.7. The van der Waals surface area contributed by atoms with E-state index in [-0.39, 0.29) is 0 Å². The molecule has 0 saturated heterocycles. The van der Waals surface area contributed by atoms with Gasteiger partial charge >= 0.3 is 0 Å². The molecule has 0 unspecified atom stereocenters. The minimum Gasteiger partial charge on any atom is -0.441 e. The average molecular weight is 316 g/mol. The zero-order chi connectivity index (χ0) is 16.5. The van der Waals surface area contributed by atoms with Crippen molar-refractivity contribution in [1.29, 1.82) is 0 Å². The Balaban J connectivity index is 1.74. The van der Waals surface area contributed by atoms with E-state index in [1.54, 1.807) is 0 Å². The molecule has 0 radical (unpaired) electrons. The quantitative estimate of drug-likeness (QED) is 0.522. The number of oxazole rings is 1. The summed E-state index contributed by atoms with van der Waals surface area (Å²) >= 11 is 0. The number of fused-ring (bicyclic) bond motifs is 1. The Morgan fingerprint density at radius 3 is 2.62 bits per heavy atom. The van der Waals surface area contributed by atoms with E-state index in [1.807, 2.05) is 72.3 Å². The molecular weight excluding hydrogens is 300 g/mol. The first kappa shape index (κ1) is 14.5. The summed E-state index contributed by atoms with van der Waals surface area (Å²) in [4.78, 5) is 15.9. The summed E-state index contributed by atoms with van der Waals surface area (Å²) in [6.45, 7) is 2.48. The summed E-state index contributed by atoms with van der Waals surface area (Å²) in [5, 5.41) is 0.955. The van der Waals surface area contributed by atoms with Crippen molar-refractivity contribution < 1.29 is 9.21 Å². The molecule has 2 heterocycles. The molecule has 0 N–H and O–H groups in total. The van der Waals surface area contributed by atoms with Crippen molar-refractivity contribution in [3.8, 4) is 11.5 Å². The second-order valence-corrected chi connectivity index (χ2v) is 5.74. The molecule has 0 aliphatic rings. The van der Waals surface area contributed by atoms with Crippen LogP contribution in [0.25, 0.3) is 22.4 Å². The molecule has 2 aromatic carbocycles. The number of carbonyl (C=O) groups is 1. The molecule has 0 amide bonds. The van der Waals surface area contributed by atoms with E-state index in [0.717, 1.165) is 34.2 Å². The Labute approximate surface area is 139 Å². The van der Waals surface area contributed by atoms with E-state index in [9.17, 15) is 4.79 Å². The number of carbonyl (C=O) groups excluding carboxylic acids is 1. The van der Waals surface area contributed by atoms with Crippen molar-refractivity contribution in [3.63, 3.8) is 0 Å². The third-order valence-corrected chi connectivity index (χ3v) is 4.18. The van der Waals surface area contributed by atoms with E-state index >= 15 is 0 Å². The number of aldehydes is 1. The average Bonchev–Trinajstić information content (AvgIpc) is 3.17. The minimum atomic E-state index is 0.566. The lowest BCUT2D eigenvalue weighted by Gasteiger charge is -2.02. The van der Waals surface area contributed by atoms with Crippen molar-refractivity contribution in [2.24, 2.45) is 0 Å². The number of nitrogens with zero attached hydrogens (tertiary/aromatic N) is 2. The maximum Gasteiger partial charge on any atom is 0.226 e. The van der Waals surface area contributed by atoms with Gasteiger partial charge in [0.15, 0.2) is 6.29 Å². The van der Waals surface area contributed by atoms with Gasteiger partial charge in [-0.2, -0.15) is 0 Å². The van der Waals surface area contributed by atoms with Crippen molar-refractivity contribution in [1.82, 2.24) is 9.55 Å². The Bertz CT molecular complexity index is 1010. The SMILES string of the molecule is Cc1oc(-c2ccccc2)nc1Cn1cc(C=O)c2ccccc21. The maximum atomic E-state index is 11.3. The molecule has 2 aromatic heterocycles. The lowest BCUT2D eigenvalue weighted by molar-refractivity contribution is 0.112. The molecule has 0 aliphatic carbocycles. The highest BCUT2D eigenvalue weighted by molar-refractivity contribution is 5.97. The van der Waals surface area contributed by atoms with Crippen molar-refractivity contribution in [3.05, 3.63) is 77.8 Å². The predicted molar refractivity (Wildman–Crippen MR) is 93.1 cm³/mol. The minimum absolute atomic E-state index is 0.566. The van der Waals surface area contributed by atoms with E-state index < -0.39 is 0 Å². The monoisotopic (exact) mass is 316 g/mol. The van der Waals surface area contributed by atoms with Crippen LogP contribution >= 0.6 is 0 Å². The van der Waals surface area contributed by atoms with Gasteiger partial charge in [-0.3, -0.25) is 4.79 Å². The highest BCUT2D eigenvalue weighted by Crippen LogP contribution is 2.25. The second kappa shape index (κ2) is 5.81. The number of hydrogen-bond acceptors (Lipinski definition) is 3. The maximum absolute atomic E-state index is 11.3. The zero-order valence-corrected chi connectivity index (χ0v) is 13.3. The first-order valence-corrected chi connectivity index (χ1v) is 7.81. The van der Waals surface area contributed by atoms with E-state index in [0.29, 0.717) is 18.0 Å². The number of benzene rings is 2. The lowest BCUT2D eigenvalue weighted by Crippen LogP contribution is -1.99. The van der Waals surface area contributed by atoms with Gasteiger partial charge in [0.1, 0.15) is 11.5 Å². The molecule has 4 rings (SSSR count). The van der Waals surface area contributed by atoms with Crippen molar-refractivity contribution in [2.45, 2.75) is 13.5 Å². The first-order valence-electron chi connectivity index (χ1n) is 7.81. The molecule has 0 bridgehead atoms. The molecule has 0 fully saturated rings. The molecule has 118 valence electrons. The Morgan fingerprint density at radius 1 is 1.08 bits per heavy atom. The highest BCUT2D eigenvalue weighted by atomic mass is 16.4. The molecule has 4 heteroatoms. The van der Waals surface area contributed by atoms with Crippen LogP contribution in [0.3, 0.4) is 0 Å². The standard InChI is InChI=1S/C20H16N2O2/c1-14-18(21-20(24-14)15-7-3-2-4-8-15)12-22-11-16(13-23)17-9-5-6-10-19(17)22/h2-11,13H,12H2,1H3. The smallest absolute Gasteiger partial charge is 0.226 e. The van der Waals surface area contributed by atoms with Gasteiger partial charge in [-0.25, -0.2) is 4.98 Å². The van der Waals surface area contributed by atoms with Crippen LogP contribution in [0.2, 0.25) is 0 Å².